The molecule has 1 amide bonds. The maximum absolute atomic E-state index is 13.4. The van der Waals surface area contributed by atoms with Crippen LogP contribution in [0.3, 0.4) is 0 Å². The summed E-state index contributed by atoms with van der Waals surface area (Å²) >= 11 is 0. The number of nitrogens with zero attached hydrogens (tertiary/aromatic N) is 2. The summed E-state index contributed by atoms with van der Waals surface area (Å²) in [7, 11) is -6.81. The molecule has 218 valence electrons. The molecule has 4 aromatic rings. The van der Waals surface area contributed by atoms with Gasteiger partial charge in [-0.2, -0.15) is 0 Å². The Labute approximate surface area is 242 Å². The normalized spacial score (nSPS) is 11.4. The first-order chi connectivity index (χ1) is 19.9. The van der Waals surface area contributed by atoms with Crippen molar-refractivity contribution >= 4 is 48.7 Å². The molecule has 0 aromatic heterocycles. The Hall–Kier alpha value is -4.95. The number of carbonyl (C=O) groups excluding carboxylic acids is 1. The molecule has 0 atom stereocenters. The number of sulfonamides is 2. The number of methoxy groups -OCH3 is 1. The number of benzene rings is 4. The largest absolute Gasteiger partial charge is 0.495 e. The summed E-state index contributed by atoms with van der Waals surface area (Å²) in [6, 6.07) is 22.5. The zero-order chi connectivity index (χ0) is 30.5. The van der Waals surface area contributed by atoms with Crippen molar-refractivity contribution in [2.24, 2.45) is 0 Å². The lowest BCUT2D eigenvalue weighted by Gasteiger charge is -2.24. The molecule has 14 heteroatoms. The van der Waals surface area contributed by atoms with Gasteiger partial charge in [0.05, 0.1) is 33.2 Å². The topological polar surface area (TPSA) is 165 Å². The van der Waals surface area contributed by atoms with E-state index in [9.17, 15) is 31.7 Å². The maximum Gasteiger partial charge on any atom is 0.269 e. The van der Waals surface area contributed by atoms with Crippen LogP contribution < -0.4 is 19.1 Å². The fraction of sp³-hybridized carbons (Fsp3) is 0.107. The summed E-state index contributed by atoms with van der Waals surface area (Å²) in [5, 5.41) is 13.6. The van der Waals surface area contributed by atoms with Gasteiger partial charge in [0.15, 0.2) is 0 Å². The van der Waals surface area contributed by atoms with Gasteiger partial charge in [-0.25, -0.2) is 16.8 Å². The number of hydrogen-bond donors (Lipinski definition) is 2. The molecule has 0 saturated heterocycles. The minimum absolute atomic E-state index is 0.0405. The van der Waals surface area contributed by atoms with Crippen molar-refractivity contribution in [1.29, 1.82) is 0 Å². The van der Waals surface area contributed by atoms with E-state index in [-0.39, 0.29) is 32.5 Å². The summed E-state index contributed by atoms with van der Waals surface area (Å²) in [5.74, 6) is -0.387. The second-order valence-electron chi connectivity index (χ2n) is 8.98. The standard InChI is InChI=1S/C28H26N4O8S2/c1-20-8-17-27(40-2)26(18-20)30-41(36,37)24-15-9-21(10-16-24)29-28(33)19-31(22-11-13-23(14-12-22)32(34)35)42(38,39)25-6-4-3-5-7-25/h3-18,30H,19H2,1-2H3,(H,29,33). The minimum atomic E-state index is -4.23. The summed E-state index contributed by atoms with van der Waals surface area (Å²) in [6.07, 6.45) is 0. The highest BCUT2D eigenvalue weighted by Gasteiger charge is 2.28. The van der Waals surface area contributed by atoms with Crippen LogP contribution >= 0.6 is 0 Å². The van der Waals surface area contributed by atoms with Crippen molar-refractivity contribution in [2.75, 3.05) is 28.0 Å². The monoisotopic (exact) mass is 610 g/mol. The molecule has 0 spiro atoms. The molecule has 2 N–H and O–H groups in total. The first-order valence-corrected chi connectivity index (χ1v) is 15.2. The van der Waals surface area contributed by atoms with Gasteiger partial charge < -0.3 is 10.1 Å². The summed E-state index contributed by atoms with van der Waals surface area (Å²) in [5.41, 5.74) is 1.10. The van der Waals surface area contributed by atoms with Crippen LogP contribution in [0.15, 0.2) is 107 Å². The number of nitrogens with one attached hydrogen (secondary N) is 2. The highest BCUT2D eigenvalue weighted by molar-refractivity contribution is 7.93. The van der Waals surface area contributed by atoms with E-state index in [1.807, 2.05) is 6.92 Å². The van der Waals surface area contributed by atoms with Crippen LogP contribution in [0.25, 0.3) is 0 Å². The van der Waals surface area contributed by atoms with E-state index >= 15 is 0 Å². The molecule has 0 aliphatic carbocycles. The SMILES string of the molecule is COc1ccc(C)cc1NS(=O)(=O)c1ccc(NC(=O)CN(c2ccc([N+](=O)[O-])cc2)S(=O)(=O)c2ccccc2)cc1. The van der Waals surface area contributed by atoms with Crippen molar-refractivity contribution in [3.05, 3.63) is 113 Å². The molecule has 0 aliphatic rings. The molecule has 0 radical (unpaired) electrons. The smallest absolute Gasteiger partial charge is 0.269 e. The number of carbonyl (C=O) groups is 1. The molecule has 0 saturated carbocycles. The number of rotatable bonds is 11. The Kier molecular flexibility index (Phi) is 8.78. The molecule has 12 nitrogen and oxygen atoms in total. The predicted molar refractivity (Wildman–Crippen MR) is 158 cm³/mol. The van der Waals surface area contributed by atoms with Crippen LogP contribution in [0.1, 0.15) is 5.56 Å². The number of aryl methyl sites for hydroxylation is 1. The average Bonchev–Trinajstić information content (AvgIpc) is 2.96. The Morgan fingerprint density at radius 3 is 2.12 bits per heavy atom. The fourth-order valence-corrected chi connectivity index (χ4v) is 6.43. The zero-order valence-electron chi connectivity index (χ0n) is 22.4. The van der Waals surface area contributed by atoms with Crippen LogP contribution in [-0.2, 0) is 24.8 Å². The van der Waals surface area contributed by atoms with Gasteiger partial charge in [0.1, 0.15) is 12.3 Å². The lowest BCUT2D eigenvalue weighted by Crippen LogP contribution is -2.38. The minimum Gasteiger partial charge on any atom is -0.495 e. The van der Waals surface area contributed by atoms with Crippen molar-refractivity contribution in [2.45, 2.75) is 16.7 Å². The van der Waals surface area contributed by atoms with Crippen LogP contribution in [-0.4, -0.2) is 41.3 Å². The Morgan fingerprint density at radius 2 is 1.52 bits per heavy atom. The third-order valence-corrected chi connectivity index (χ3v) is 9.18. The molecule has 0 unspecified atom stereocenters. The third kappa shape index (κ3) is 6.85. The van der Waals surface area contributed by atoms with E-state index in [0.29, 0.717) is 5.75 Å². The van der Waals surface area contributed by atoms with Gasteiger partial charge in [0, 0.05) is 17.8 Å². The third-order valence-electron chi connectivity index (χ3n) is 6.01. The maximum atomic E-state index is 13.4. The molecule has 4 aromatic carbocycles. The summed E-state index contributed by atoms with van der Waals surface area (Å²) in [4.78, 5) is 23.3. The van der Waals surface area contributed by atoms with Gasteiger partial charge in [-0.05, 0) is 73.2 Å². The summed E-state index contributed by atoms with van der Waals surface area (Å²) < 4.78 is 61.3. The molecule has 0 fully saturated rings. The van der Waals surface area contributed by atoms with Crippen LogP contribution in [0.5, 0.6) is 5.75 Å². The van der Waals surface area contributed by atoms with Crippen molar-refractivity contribution in [1.82, 2.24) is 0 Å². The number of amides is 1. The second kappa shape index (κ2) is 12.3. The lowest BCUT2D eigenvalue weighted by molar-refractivity contribution is -0.384. The van der Waals surface area contributed by atoms with Crippen LogP contribution in [0.4, 0.5) is 22.7 Å². The second-order valence-corrected chi connectivity index (χ2v) is 12.5. The molecule has 0 heterocycles. The van der Waals surface area contributed by atoms with E-state index in [1.54, 1.807) is 24.3 Å². The van der Waals surface area contributed by atoms with Gasteiger partial charge in [-0.15, -0.1) is 0 Å². The number of nitro benzene ring substituents is 1. The number of hydrogen-bond acceptors (Lipinski definition) is 8. The van der Waals surface area contributed by atoms with E-state index < -0.39 is 37.4 Å². The number of ether oxygens (including phenoxy) is 1. The Bertz CT molecular complexity index is 1810. The first-order valence-electron chi connectivity index (χ1n) is 12.3. The van der Waals surface area contributed by atoms with Gasteiger partial charge in [0.25, 0.3) is 25.7 Å². The predicted octanol–water partition coefficient (Wildman–Crippen LogP) is 4.55. The van der Waals surface area contributed by atoms with E-state index in [2.05, 4.69) is 10.0 Å². The van der Waals surface area contributed by atoms with Gasteiger partial charge >= 0.3 is 0 Å². The van der Waals surface area contributed by atoms with Crippen molar-refractivity contribution in [3.8, 4) is 5.75 Å². The molecular weight excluding hydrogens is 584 g/mol. The van der Waals surface area contributed by atoms with Crippen LogP contribution in [0.2, 0.25) is 0 Å². The molecule has 42 heavy (non-hydrogen) atoms. The molecular formula is C28H26N4O8S2. The quantitative estimate of drug-likeness (QED) is 0.184. The van der Waals surface area contributed by atoms with E-state index in [1.165, 1.54) is 67.8 Å². The molecule has 4 rings (SSSR count). The van der Waals surface area contributed by atoms with Crippen molar-refractivity contribution in [3.63, 3.8) is 0 Å². The Balaban J connectivity index is 1.54. The van der Waals surface area contributed by atoms with Crippen LogP contribution in [0, 0.1) is 17.0 Å². The fourth-order valence-electron chi connectivity index (χ4n) is 3.93. The van der Waals surface area contributed by atoms with Gasteiger partial charge in [0.2, 0.25) is 5.91 Å². The molecule has 0 aliphatic heterocycles. The Morgan fingerprint density at radius 1 is 0.881 bits per heavy atom. The first kappa shape index (κ1) is 30.0. The number of non-ortho nitro benzene ring substituents is 1. The zero-order valence-corrected chi connectivity index (χ0v) is 24.1. The lowest BCUT2D eigenvalue weighted by atomic mass is 10.2. The highest BCUT2D eigenvalue weighted by Crippen LogP contribution is 2.29. The van der Waals surface area contributed by atoms with Crippen molar-refractivity contribution < 1.29 is 31.3 Å². The number of anilines is 3. The average molecular weight is 611 g/mol. The van der Waals surface area contributed by atoms with E-state index in [4.69, 9.17) is 4.74 Å². The van der Waals surface area contributed by atoms with E-state index in [0.717, 1.165) is 22.0 Å². The highest BCUT2D eigenvalue weighted by atomic mass is 32.2. The molecule has 0 bridgehead atoms. The summed E-state index contributed by atoms with van der Waals surface area (Å²) in [6.45, 7) is 1.15. The van der Waals surface area contributed by atoms with Gasteiger partial charge in [-0.3, -0.25) is 23.9 Å². The number of nitro groups is 1. The van der Waals surface area contributed by atoms with Gasteiger partial charge in [-0.1, -0.05) is 24.3 Å².